The lowest BCUT2D eigenvalue weighted by Gasteiger charge is -2.32. The molecule has 0 saturated carbocycles. The van der Waals surface area contributed by atoms with Gasteiger partial charge in [-0.2, -0.15) is 5.10 Å². The summed E-state index contributed by atoms with van der Waals surface area (Å²) in [5.41, 5.74) is 4.75. The van der Waals surface area contributed by atoms with Crippen LogP contribution in [0.3, 0.4) is 0 Å². The molecule has 3 rings (SSSR count). The average molecular weight is 271 g/mol. The van der Waals surface area contributed by atoms with Crippen molar-refractivity contribution in [2.45, 2.75) is 32.4 Å². The summed E-state index contributed by atoms with van der Waals surface area (Å²) in [6.07, 6.45) is 3.06. The first-order valence-electron chi connectivity index (χ1n) is 7.03. The van der Waals surface area contributed by atoms with Crippen LogP contribution in [-0.4, -0.2) is 16.8 Å². The molecule has 0 radical (unpaired) electrons. The van der Waals surface area contributed by atoms with Crippen LogP contribution in [0, 0.1) is 13.8 Å². The largest absolute Gasteiger partial charge is 0.485 e. The van der Waals surface area contributed by atoms with Gasteiger partial charge in [-0.25, -0.2) is 0 Å². The van der Waals surface area contributed by atoms with E-state index in [-0.39, 0.29) is 6.10 Å². The first-order chi connectivity index (χ1) is 9.58. The summed E-state index contributed by atoms with van der Waals surface area (Å²) >= 11 is 0. The molecule has 4 nitrogen and oxygen atoms in total. The molecule has 4 heteroatoms. The molecule has 0 bridgehead atoms. The Bertz CT molecular complexity index is 633. The molecule has 1 N–H and O–H groups in total. The Morgan fingerprint density at radius 2 is 2.10 bits per heavy atom. The number of benzene rings is 1. The summed E-state index contributed by atoms with van der Waals surface area (Å²) in [7, 11) is 3.96. The molecule has 0 spiro atoms. The van der Waals surface area contributed by atoms with Crippen molar-refractivity contribution in [3.05, 3.63) is 46.8 Å². The van der Waals surface area contributed by atoms with E-state index < -0.39 is 0 Å². The van der Waals surface area contributed by atoms with Crippen molar-refractivity contribution in [3.8, 4) is 5.75 Å². The Balaban J connectivity index is 1.98. The Morgan fingerprint density at radius 1 is 1.30 bits per heavy atom. The predicted octanol–water partition coefficient (Wildman–Crippen LogP) is 2.82. The van der Waals surface area contributed by atoms with E-state index in [4.69, 9.17) is 4.74 Å². The molecule has 2 unspecified atom stereocenters. The van der Waals surface area contributed by atoms with Gasteiger partial charge in [0, 0.05) is 36.8 Å². The van der Waals surface area contributed by atoms with Crippen molar-refractivity contribution in [1.82, 2.24) is 15.1 Å². The number of fused-ring (bicyclic) bond motifs is 1. The fourth-order valence-corrected chi connectivity index (χ4v) is 2.99. The molecule has 1 aromatic carbocycles. The van der Waals surface area contributed by atoms with Gasteiger partial charge in [0.2, 0.25) is 0 Å². The maximum atomic E-state index is 6.21. The van der Waals surface area contributed by atoms with Crippen molar-refractivity contribution in [2.75, 3.05) is 7.05 Å². The monoisotopic (exact) mass is 271 g/mol. The minimum absolute atomic E-state index is 0.0661. The van der Waals surface area contributed by atoms with E-state index in [1.807, 2.05) is 25.7 Å². The SMILES string of the molecule is CNC1CC(c2cn(C)nc2C)Oc2ccc(C)cc21. The average Bonchev–Trinajstić information content (AvgIpc) is 2.76. The molecular formula is C16H21N3O. The zero-order chi connectivity index (χ0) is 14.3. The number of rotatable bonds is 2. The molecular weight excluding hydrogens is 250 g/mol. The zero-order valence-electron chi connectivity index (χ0n) is 12.5. The van der Waals surface area contributed by atoms with E-state index in [0.717, 1.165) is 17.9 Å². The van der Waals surface area contributed by atoms with Crippen LogP contribution in [0.4, 0.5) is 0 Å². The van der Waals surface area contributed by atoms with Gasteiger partial charge in [0.05, 0.1) is 5.69 Å². The number of aryl methyl sites for hydroxylation is 3. The van der Waals surface area contributed by atoms with E-state index >= 15 is 0 Å². The van der Waals surface area contributed by atoms with Gasteiger partial charge in [-0.1, -0.05) is 17.7 Å². The predicted molar refractivity (Wildman–Crippen MR) is 78.9 cm³/mol. The van der Waals surface area contributed by atoms with Crippen LogP contribution in [0.5, 0.6) is 5.75 Å². The van der Waals surface area contributed by atoms with Crippen molar-refractivity contribution in [3.63, 3.8) is 0 Å². The molecule has 0 saturated heterocycles. The number of nitrogens with one attached hydrogen (secondary N) is 1. The molecule has 2 heterocycles. The fraction of sp³-hybridized carbons (Fsp3) is 0.438. The molecule has 0 aliphatic carbocycles. The van der Waals surface area contributed by atoms with Crippen molar-refractivity contribution >= 4 is 0 Å². The summed E-state index contributed by atoms with van der Waals surface area (Å²) in [6, 6.07) is 6.71. The van der Waals surface area contributed by atoms with Gasteiger partial charge < -0.3 is 10.1 Å². The second kappa shape index (κ2) is 4.94. The molecule has 106 valence electrons. The summed E-state index contributed by atoms with van der Waals surface area (Å²) in [5.74, 6) is 0.981. The first kappa shape index (κ1) is 13.2. The lowest BCUT2D eigenvalue weighted by molar-refractivity contribution is 0.153. The standard InChI is InChI=1S/C16H21N3O/c1-10-5-6-15-12(7-10)14(17-3)8-16(20-15)13-9-19(4)18-11(13)2/h5-7,9,14,16-17H,8H2,1-4H3. The van der Waals surface area contributed by atoms with Crippen LogP contribution >= 0.6 is 0 Å². The number of hydrogen-bond donors (Lipinski definition) is 1. The normalized spacial score (nSPS) is 21.4. The minimum atomic E-state index is 0.0661. The van der Waals surface area contributed by atoms with Gasteiger partial charge in [0.1, 0.15) is 11.9 Å². The van der Waals surface area contributed by atoms with Crippen LogP contribution < -0.4 is 10.1 Å². The van der Waals surface area contributed by atoms with Gasteiger partial charge in [-0.3, -0.25) is 4.68 Å². The highest BCUT2D eigenvalue weighted by Gasteiger charge is 2.30. The lowest BCUT2D eigenvalue weighted by Crippen LogP contribution is -2.27. The smallest absolute Gasteiger partial charge is 0.129 e. The van der Waals surface area contributed by atoms with E-state index in [1.165, 1.54) is 16.7 Å². The Kier molecular flexibility index (Phi) is 3.26. The van der Waals surface area contributed by atoms with Gasteiger partial charge >= 0.3 is 0 Å². The van der Waals surface area contributed by atoms with Gasteiger partial charge in [-0.05, 0) is 27.0 Å². The zero-order valence-corrected chi connectivity index (χ0v) is 12.5. The third-order valence-electron chi connectivity index (χ3n) is 4.01. The molecule has 1 aliphatic rings. The van der Waals surface area contributed by atoms with Crippen LogP contribution in [0.2, 0.25) is 0 Å². The van der Waals surface area contributed by atoms with E-state index in [9.17, 15) is 0 Å². The van der Waals surface area contributed by atoms with Crippen LogP contribution in [-0.2, 0) is 7.05 Å². The first-order valence-corrected chi connectivity index (χ1v) is 7.03. The van der Waals surface area contributed by atoms with Gasteiger partial charge in [-0.15, -0.1) is 0 Å². The highest BCUT2D eigenvalue weighted by atomic mass is 16.5. The molecule has 0 amide bonds. The minimum Gasteiger partial charge on any atom is -0.485 e. The fourth-order valence-electron chi connectivity index (χ4n) is 2.99. The number of hydrogen-bond acceptors (Lipinski definition) is 3. The summed E-state index contributed by atoms with van der Waals surface area (Å²) in [5, 5.41) is 7.83. The van der Waals surface area contributed by atoms with Crippen molar-refractivity contribution < 1.29 is 4.74 Å². The maximum Gasteiger partial charge on any atom is 0.129 e. The summed E-state index contributed by atoms with van der Waals surface area (Å²) in [4.78, 5) is 0. The summed E-state index contributed by atoms with van der Waals surface area (Å²) < 4.78 is 8.06. The summed E-state index contributed by atoms with van der Waals surface area (Å²) in [6.45, 7) is 4.15. The molecule has 2 atom stereocenters. The number of nitrogens with zero attached hydrogens (tertiary/aromatic N) is 2. The quantitative estimate of drug-likeness (QED) is 0.913. The second-order valence-electron chi connectivity index (χ2n) is 5.57. The third kappa shape index (κ3) is 2.20. The highest BCUT2D eigenvalue weighted by molar-refractivity contribution is 5.42. The van der Waals surface area contributed by atoms with Crippen molar-refractivity contribution in [2.24, 2.45) is 7.05 Å². The number of ether oxygens (including phenoxy) is 1. The Hall–Kier alpha value is -1.81. The maximum absolute atomic E-state index is 6.21. The Labute approximate surface area is 119 Å². The molecule has 0 fully saturated rings. The van der Waals surface area contributed by atoms with Crippen molar-refractivity contribution in [1.29, 1.82) is 0 Å². The lowest BCUT2D eigenvalue weighted by atomic mass is 9.92. The number of aromatic nitrogens is 2. The topological polar surface area (TPSA) is 39.1 Å². The van der Waals surface area contributed by atoms with Crippen LogP contribution in [0.15, 0.2) is 24.4 Å². The molecule has 1 aromatic heterocycles. The van der Waals surface area contributed by atoms with Gasteiger partial charge in [0.25, 0.3) is 0 Å². The molecule has 1 aliphatic heterocycles. The van der Waals surface area contributed by atoms with Gasteiger partial charge in [0.15, 0.2) is 0 Å². The third-order valence-corrected chi connectivity index (χ3v) is 4.01. The highest BCUT2D eigenvalue weighted by Crippen LogP contribution is 2.41. The molecule has 20 heavy (non-hydrogen) atoms. The van der Waals surface area contributed by atoms with E-state index in [0.29, 0.717) is 6.04 Å². The van der Waals surface area contributed by atoms with Crippen LogP contribution in [0.25, 0.3) is 0 Å². The van der Waals surface area contributed by atoms with E-state index in [2.05, 4.69) is 41.7 Å². The molecule has 2 aromatic rings. The Morgan fingerprint density at radius 3 is 2.75 bits per heavy atom. The van der Waals surface area contributed by atoms with E-state index in [1.54, 1.807) is 0 Å². The second-order valence-corrected chi connectivity index (χ2v) is 5.57. The van der Waals surface area contributed by atoms with Crippen LogP contribution in [0.1, 0.15) is 41.0 Å².